The van der Waals surface area contributed by atoms with Crippen LogP contribution in [0.4, 0.5) is 5.82 Å². The number of unbranched alkanes of at least 4 members (excludes halogenated alkanes) is 1. The van der Waals surface area contributed by atoms with Crippen LogP contribution >= 0.6 is 15.9 Å². The molecule has 208 valence electrons. The third-order valence-corrected chi connectivity index (χ3v) is 9.33. The lowest BCUT2D eigenvalue weighted by Gasteiger charge is -2.18. The Bertz CT molecular complexity index is 1650. The van der Waals surface area contributed by atoms with E-state index >= 15 is 0 Å². The summed E-state index contributed by atoms with van der Waals surface area (Å²) in [5, 5.41) is 8.02. The predicted octanol–water partition coefficient (Wildman–Crippen LogP) is 6.83. The summed E-state index contributed by atoms with van der Waals surface area (Å²) in [6.45, 7) is 2.83. The molecule has 1 unspecified atom stereocenters. The minimum Gasteiger partial charge on any atom is -0.366 e. The van der Waals surface area contributed by atoms with E-state index in [2.05, 4.69) is 44.3 Å². The molecular weight excluding hydrogens is 588 g/mol. The Morgan fingerprint density at radius 1 is 1.00 bits per heavy atom. The Kier molecular flexibility index (Phi) is 8.96. The van der Waals surface area contributed by atoms with Crippen molar-refractivity contribution in [1.29, 1.82) is 0 Å². The molecular formula is C30H33BrN6O2S. The number of halogens is 1. The second-order valence-corrected chi connectivity index (χ2v) is 12.5. The van der Waals surface area contributed by atoms with E-state index in [9.17, 15) is 8.42 Å². The molecule has 5 aromatic rings. The Morgan fingerprint density at radius 2 is 1.85 bits per heavy atom. The zero-order valence-corrected chi connectivity index (χ0v) is 24.9. The van der Waals surface area contributed by atoms with Gasteiger partial charge in [0.25, 0.3) is 10.0 Å². The molecule has 0 aliphatic rings. The number of nitrogens with one attached hydrogen (secondary N) is 1. The fourth-order valence-electron chi connectivity index (χ4n) is 5.01. The monoisotopic (exact) mass is 620 g/mol. The molecule has 0 fully saturated rings. The van der Waals surface area contributed by atoms with Crippen molar-refractivity contribution >= 4 is 37.4 Å². The molecule has 0 aliphatic carbocycles. The molecule has 1 atom stereocenters. The summed E-state index contributed by atoms with van der Waals surface area (Å²) in [5.74, 6) is 1.18. The first-order valence-corrected chi connectivity index (χ1v) is 15.8. The van der Waals surface area contributed by atoms with Crippen LogP contribution in [0.5, 0.6) is 0 Å². The Balaban J connectivity index is 1.28. The molecule has 40 heavy (non-hydrogen) atoms. The molecule has 5 rings (SSSR count). The third-order valence-electron chi connectivity index (χ3n) is 7.03. The molecule has 10 heteroatoms. The lowest BCUT2D eigenvalue weighted by atomic mass is 9.92. The van der Waals surface area contributed by atoms with Gasteiger partial charge in [-0.15, -0.1) is 0 Å². The minimum atomic E-state index is -3.60. The van der Waals surface area contributed by atoms with Crippen LogP contribution in [0.15, 0.2) is 94.8 Å². The molecule has 0 saturated heterocycles. The summed E-state index contributed by atoms with van der Waals surface area (Å²) < 4.78 is 30.4. The van der Waals surface area contributed by atoms with E-state index in [4.69, 9.17) is 4.98 Å². The Labute approximate surface area is 243 Å². The first-order valence-electron chi connectivity index (χ1n) is 13.6. The molecule has 0 radical (unpaired) electrons. The van der Waals surface area contributed by atoms with E-state index in [1.807, 2.05) is 35.0 Å². The van der Waals surface area contributed by atoms with Crippen molar-refractivity contribution in [2.75, 3.05) is 5.32 Å². The minimum absolute atomic E-state index is 0.288. The lowest BCUT2D eigenvalue weighted by Crippen LogP contribution is -2.14. The summed E-state index contributed by atoms with van der Waals surface area (Å²) in [4.78, 5) is 9.51. The van der Waals surface area contributed by atoms with E-state index in [0.29, 0.717) is 17.9 Å². The number of hydrogen-bond donors (Lipinski definition) is 1. The van der Waals surface area contributed by atoms with Crippen LogP contribution in [0, 0.1) is 0 Å². The Morgan fingerprint density at radius 3 is 2.62 bits per heavy atom. The second-order valence-electron chi connectivity index (χ2n) is 9.85. The molecule has 1 N–H and O–H groups in total. The maximum absolute atomic E-state index is 13.1. The van der Waals surface area contributed by atoms with Crippen LogP contribution in [0.2, 0.25) is 0 Å². The van der Waals surface area contributed by atoms with E-state index in [1.54, 1.807) is 48.9 Å². The van der Waals surface area contributed by atoms with Crippen LogP contribution in [-0.2, 0) is 23.0 Å². The van der Waals surface area contributed by atoms with Gasteiger partial charge in [0.05, 0.1) is 15.6 Å². The summed E-state index contributed by atoms with van der Waals surface area (Å²) >= 11 is 3.61. The maximum atomic E-state index is 13.1. The van der Waals surface area contributed by atoms with Gasteiger partial charge >= 0.3 is 0 Å². The number of pyridine rings is 1. The van der Waals surface area contributed by atoms with E-state index in [0.717, 1.165) is 65.0 Å². The van der Waals surface area contributed by atoms with Crippen molar-refractivity contribution in [3.05, 3.63) is 107 Å². The van der Waals surface area contributed by atoms with Crippen molar-refractivity contribution in [2.24, 2.45) is 0 Å². The lowest BCUT2D eigenvalue weighted by molar-refractivity contribution is 0.519. The summed E-state index contributed by atoms with van der Waals surface area (Å²) in [6, 6.07) is 18.4. The van der Waals surface area contributed by atoms with Gasteiger partial charge in [0.2, 0.25) is 0 Å². The largest absolute Gasteiger partial charge is 0.366 e. The highest BCUT2D eigenvalue weighted by Crippen LogP contribution is 2.30. The highest BCUT2D eigenvalue weighted by Gasteiger charge is 2.20. The van der Waals surface area contributed by atoms with Crippen LogP contribution in [0.25, 0.3) is 5.65 Å². The molecule has 1 aromatic carbocycles. The average molecular weight is 622 g/mol. The van der Waals surface area contributed by atoms with Crippen molar-refractivity contribution in [3.8, 4) is 0 Å². The number of aromatic nitrogens is 5. The molecule has 0 bridgehead atoms. The molecule has 0 spiro atoms. The second kappa shape index (κ2) is 12.8. The number of benzene rings is 1. The third kappa shape index (κ3) is 6.28. The van der Waals surface area contributed by atoms with Gasteiger partial charge in [-0.05, 0) is 77.5 Å². The highest BCUT2D eigenvalue weighted by molar-refractivity contribution is 9.10. The number of hydrogen-bond acceptors (Lipinski definition) is 6. The van der Waals surface area contributed by atoms with E-state index < -0.39 is 10.0 Å². The average Bonchev–Trinajstić information content (AvgIpc) is 3.61. The summed E-state index contributed by atoms with van der Waals surface area (Å²) in [7, 11) is -3.60. The summed E-state index contributed by atoms with van der Waals surface area (Å²) in [6.07, 6.45) is 12.6. The van der Waals surface area contributed by atoms with Gasteiger partial charge in [-0.3, -0.25) is 4.98 Å². The van der Waals surface area contributed by atoms with Gasteiger partial charge in [0.15, 0.2) is 5.65 Å². The number of rotatable bonds is 13. The van der Waals surface area contributed by atoms with Crippen molar-refractivity contribution < 1.29 is 8.42 Å². The SMILES string of the molecule is CCCC(CCCCc1cccn1S(=O)(=O)c1ccccc1)c1cc(NCc2cccnc2)n2ncc(Br)c2n1. The van der Waals surface area contributed by atoms with Gasteiger partial charge in [-0.1, -0.05) is 44.0 Å². The molecule has 8 nitrogen and oxygen atoms in total. The van der Waals surface area contributed by atoms with Crippen LogP contribution < -0.4 is 5.32 Å². The normalized spacial score (nSPS) is 12.6. The fraction of sp³-hybridized carbons (Fsp3) is 0.300. The quantitative estimate of drug-likeness (QED) is 0.145. The van der Waals surface area contributed by atoms with Crippen molar-refractivity contribution in [1.82, 2.24) is 23.6 Å². The number of aryl methyl sites for hydroxylation is 1. The molecule has 0 aliphatic heterocycles. The topological polar surface area (TPSA) is 94.2 Å². The van der Waals surface area contributed by atoms with Crippen LogP contribution in [0.3, 0.4) is 0 Å². The predicted molar refractivity (Wildman–Crippen MR) is 161 cm³/mol. The van der Waals surface area contributed by atoms with Gasteiger partial charge in [-0.25, -0.2) is 17.4 Å². The first-order chi connectivity index (χ1) is 19.5. The fourth-order valence-corrected chi connectivity index (χ4v) is 6.77. The van der Waals surface area contributed by atoms with Crippen LogP contribution in [-0.4, -0.2) is 32.0 Å². The summed E-state index contributed by atoms with van der Waals surface area (Å²) in [5.41, 5.74) is 3.72. The number of fused-ring (bicyclic) bond motifs is 1. The highest BCUT2D eigenvalue weighted by atomic mass is 79.9. The maximum Gasteiger partial charge on any atom is 0.267 e. The van der Waals surface area contributed by atoms with Crippen molar-refractivity contribution in [2.45, 2.75) is 62.8 Å². The number of anilines is 1. The van der Waals surface area contributed by atoms with Gasteiger partial charge in [0, 0.05) is 48.5 Å². The van der Waals surface area contributed by atoms with E-state index in [1.165, 1.54) is 3.97 Å². The molecule has 4 aromatic heterocycles. The van der Waals surface area contributed by atoms with Crippen molar-refractivity contribution in [3.63, 3.8) is 0 Å². The standard InChI is InChI=1S/C30H33BrN6O2S/c1-2-10-24(12-6-7-13-25-14-9-18-36(25)40(38,39)26-15-4-3-5-16-26)28-19-29(33-21-23-11-8-17-32-20-23)37-30(35-28)27(31)22-34-37/h3-5,8-9,11,14-20,22,24,33H,2,6-7,10,12-13,21H2,1H3. The molecule has 4 heterocycles. The van der Waals surface area contributed by atoms with Crippen LogP contribution in [0.1, 0.15) is 61.9 Å². The molecule has 0 amide bonds. The Hall–Kier alpha value is -3.50. The van der Waals surface area contributed by atoms with Gasteiger partial charge < -0.3 is 5.32 Å². The zero-order chi connectivity index (χ0) is 28.0. The van der Waals surface area contributed by atoms with Gasteiger partial charge in [-0.2, -0.15) is 9.61 Å². The zero-order valence-electron chi connectivity index (χ0n) is 22.4. The number of nitrogens with zero attached hydrogens (tertiary/aromatic N) is 5. The first kappa shape index (κ1) is 28.0. The van der Waals surface area contributed by atoms with E-state index in [-0.39, 0.29) is 5.92 Å². The smallest absolute Gasteiger partial charge is 0.267 e. The molecule has 0 saturated carbocycles. The van der Waals surface area contributed by atoms with Gasteiger partial charge in [0.1, 0.15) is 5.82 Å².